The van der Waals surface area contributed by atoms with Crippen LogP contribution in [0.3, 0.4) is 0 Å². The molecule has 1 heterocycles. The van der Waals surface area contributed by atoms with Gasteiger partial charge >= 0.3 is 6.18 Å². The maximum atomic E-state index is 13.4. The third-order valence-electron chi connectivity index (χ3n) is 4.24. The topological polar surface area (TPSA) is 59.7 Å². The van der Waals surface area contributed by atoms with Crippen LogP contribution in [0.4, 0.5) is 13.2 Å². The Bertz CT molecular complexity index is 1030. The van der Waals surface area contributed by atoms with E-state index in [1.165, 1.54) is 18.2 Å². The Morgan fingerprint density at radius 3 is 2.30 bits per heavy atom. The highest BCUT2D eigenvalue weighted by atomic mass is 19.4. The van der Waals surface area contributed by atoms with Crippen LogP contribution in [0, 0.1) is 0 Å². The van der Waals surface area contributed by atoms with Crippen molar-refractivity contribution in [2.75, 3.05) is 0 Å². The summed E-state index contributed by atoms with van der Waals surface area (Å²) in [6, 6.07) is 8.75. The van der Waals surface area contributed by atoms with Crippen molar-refractivity contribution in [1.82, 2.24) is 0 Å². The van der Waals surface area contributed by atoms with Gasteiger partial charge in [0, 0.05) is 6.07 Å². The molecule has 2 aromatic carbocycles. The summed E-state index contributed by atoms with van der Waals surface area (Å²) in [7, 11) is 0. The van der Waals surface area contributed by atoms with Crippen LogP contribution < -0.4 is 10.2 Å². The minimum Gasteiger partial charge on any atom is -0.508 e. The molecule has 0 aliphatic rings. The summed E-state index contributed by atoms with van der Waals surface area (Å²) >= 11 is 0. The molecule has 0 aliphatic heterocycles. The predicted molar refractivity (Wildman–Crippen MR) is 94.4 cm³/mol. The number of phenols is 1. The second-order valence-corrected chi connectivity index (χ2v) is 6.02. The second kappa shape index (κ2) is 6.98. The molecule has 3 rings (SSSR count). The van der Waals surface area contributed by atoms with E-state index in [4.69, 9.17) is 9.15 Å². The van der Waals surface area contributed by atoms with Gasteiger partial charge in [0.15, 0.2) is 0 Å². The highest BCUT2D eigenvalue weighted by molar-refractivity contribution is 5.81. The van der Waals surface area contributed by atoms with Gasteiger partial charge in [-0.15, -0.1) is 0 Å². The van der Waals surface area contributed by atoms with Crippen molar-refractivity contribution < 1.29 is 27.4 Å². The summed E-state index contributed by atoms with van der Waals surface area (Å²) in [5.41, 5.74) is 0.105. The highest BCUT2D eigenvalue weighted by Crippen LogP contribution is 2.39. The van der Waals surface area contributed by atoms with E-state index in [0.29, 0.717) is 12.0 Å². The number of phenolic OH excluding ortho intramolecular Hbond substituents is 1. The lowest BCUT2D eigenvalue weighted by atomic mass is 10.1. The molecule has 0 spiro atoms. The largest absolute Gasteiger partial charge is 0.508 e. The molecule has 0 amide bonds. The van der Waals surface area contributed by atoms with Crippen LogP contribution in [0.2, 0.25) is 0 Å². The zero-order chi connectivity index (χ0) is 19.8. The van der Waals surface area contributed by atoms with E-state index in [2.05, 4.69) is 0 Å². The molecule has 1 aromatic heterocycles. The fraction of sp³-hybridized carbons (Fsp3) is 0.250. The van der Waals surface area contributed by atoms with Crippen molar-refractivity contribution in [3.63, 3.8) is 0 Å². The smallest absolute Gasteiger partial charge is 0.453 e. The summed E-state index contributed by atoms with van der Waals surface area (Å²) in [5, 5.41) is 9.79. The van der Waals surface area contributed by atoms with Gasteiger partial charge in [0.05, 0.1) is 5.39 Å². The maximum Gasteiger partial charge on any atom is 0.453 e. The first-order valence-corrected chi connectivity index (χ1v) is 8.41. The number of benzene rings is 2. The molecule has 0 atom stereocenters. The van der Waals surface area contributed by atoms with E-state index in [1.54, 1.807) is 19.1 Å². The number of hydrogen-bond donors (Lipinski definition) is 1. The fourth-order valence-corrected chi connectivity index (χ4v) is 2.73. The second-order valence-electron chi connectivity index (χ2n) is 6.02. The van der Waals surface area contributed by atoms with Crippen molar-refractivity contribution in [2.24, 2.45) is 0 Å². The third kappa shape index (κ3) is 3.63. The van der Waals surface area contributed by atoms with E-state index < -0.39 is 23.1 Å². The van der Waals surface area contributed by atoms with Crippen molar-refractivity contribution >= 4 is 11.0 Å². The number of alkyl halides is 3. The molecule has 7 heteroatoms. The molecule has 0 saturated heterocycles. The summed E-state index contributed by atoms with van der Waals surface area (Å²) in [6.45, 7) is 3.69. The van der Waals surface area contributed by atoms with Crippen molar-refractivity contribution in [2.45, 2.75) is 32.9 Å². The Hall–Kier alpha value is -2.96. The average molecular weight is 378 g/mol. The Balaban J connectivity index is 2.22. The van der Waals surface area contributed by atoms with E-state index in [9.17, 15) is 23.1 Å². The molecule has 0 unspecified atom stereocenters. The number of ether oxygens (including phenoxy) is 1. The van der Waals surface area contributed by atoms with Crippen LogP contribution in [0.1, 0.15) is 30.7 Å². The number of halogens is 3. The minimum absolute atomic E-state index is 0.0853. The predicted octanol–water partition coefficient (Wildman–Crippen LogP) is 5.43. The van der Waals surface area contributed by atoms with Crippen LogP contribution >= 0.6 is 0 Å². The van der Waals surface area contributed by atoms with Gasteiger partial charge in [-0.25, -0.2) is 0 Å². The van der Waals surface area contributed by atoms with E-state index in [0.717, 1.165) is 18.1 Å². The van der Waals surface area contributed by atoms with Gasteiger partial charge < -0.3 is 14.3 Å². The van der Waals surface area contributed by atoms with E-state index in [1.807, 2.05) is 6.92 Å². The van der Waals surface area contributed by atoms with Crippen molar-refractivity contribution in [3.8, 4) is 17.2 Å². The van der Waals surface area contributed by atoms with Crippen molar-refractivity contribution in [3.05, 3.63) is 63.5 Å². The summed E-state index contributed by atoms with van der Waals surface area (Å²) in [5.74, 6) is -2.60. The number of aryl methyl sites for hydroxylation is 2. The first-order chi connectivity index (χ1) is 12.7. The number of hydrogen-bond acceptors (Lipinski definition) is 4. The molecule has 3 aromatic rings. The molecule has 0 aliphatic carbocycles. The molecule has 4 nitrogen and oxygen atoms in total. The van der Waals surface area contributed by atoms with Gasteiger partial charge in [-0.05, 0) is 42.2 Å². The number of rotatable bonds is 4. The van der Waals surface area contributed by atoms with Crippen molar-refractivity contribution in [1.29, 1.82) is 0 Å². The van der Waals surface area contributed by atoms with Crippen LogP contribution in [0.5, 0.6) is 17.2 Å². The summed E-state index contributed by atoms with van der Waals surface area (Å²) in [4.78, 5) is 12.7. The number of aromatic hydroxyl groups is 1. The average Bonchev–Trinajstić information content (AvgIpc) is 2.63. The lowest BCUT2D eigenvalue weighted by molar-refractivity contribution is -0.154. The van der Waals surface area contributed by atoms with Gasteiger partial charge in [-0.2, -0.15) is 13.2 Å². The number of fused-ring (bicyclic) bond motifs is 1. The quantitative estimate of drug-likeness (QED) is 0.657. The molecule has 142 valence electrons. The third-order valence-corrected chi connectivity index (χ3v) is 4.24. The van der Waals surface area contributed by atoms with Crippen LogP contribution in [0.15, 0.2) is 45.6 Å². The van der Waals surface area contributed by atoms with Gasteiger partial charge in [0.1, 0.15) is 17.1 Å². The Labute approximate surface area is 152 Å². The molecule has 0 radical (unpaired) electrons. The SMILES string of the molecule is CCc1ccc(Oc2c(C(F)(F)F)oc3cc(O)c(CC)cc3c2=O)cc1. The summed E-state index contributed by atoms with van der Waals surface area (Å²) < 4.78 is 50.6. The monoisotopic (exact) mass is 378 g/mol. The highest BCUT2D eigenvalue weighted by Gasteiger charge is 2.40. The molecule has 0 fully saturated rings. The van der Waals surface area contributed by atoms with Crippen LogP contribution in [-0.4, -0.2) is 5.11 Å². The van der Waals surface area contributed by atoms with Gasteiger partial charge in [0.2, 0.25) is 11.2 Å². The van der Waals surface area contributed by atoms with Crippen LogP contribution in [-0.2, 0) is 19.0 Å². The molecular weight excluding hydrogens is 361 g/mol. The normalized spacial score (nSPS) is 11.7. The van der Waals surface area contributed by atoms with E-state index >= 15 is 0 Å². The van der Waals surface area contributed by atoms with E-state index in [-0.39, 0.29) is 22.5 Å². The lowest BCUT2D eigenvalue weighted by Gasteiger charge is -2.14. The summed E-state index contributed by atoms with van der Waals surface area (Å²) in [6.07, 6.45) is -3.78. The van der Waals surface area contributed by atoms with Gasteiger partial charge in [-0.3, -0.25) is 4.79 Å². The van der Waals surface area contributed by atoms with Gasteiger partial charge in [0.25, 0.3) is 5.76 Å². The molecule has 0 saturated carbocycles. The van der Waals surface area contributed by atoms with Gasteiger partial charge in [-0.1, -0.05) is 26.0 Å². The molecule has 1 N–H and O–H groups in total. The standard InChI is InChI=1S/C20H17F3O4/c1-3-11-5-7-13(8-6-11)26-18-17(25)14-9-12(4-2)15(24)10-16(14)27-19(18)20(21,22)23/h5-10,24H,3-4H2,1-2H3. The minimum atomic E-state index is -4.94. The zero-order valence-corrected chi connectivity index (χ0v) is 14.7. The zero-order valence-electron chi connectivity index (χ0n) is 14.7. The molecule has 0 bridgehead atoms. The van der Waals surface area contributed by atoms with Crippen LogP contribution in [0.25, 0.3) is 11.0 Å². The first kappa shape index (κ1) is 18.8. The Morgan fingerprint density at radius 1 is 1.07 bits per heavy atom. The Kier molecular flexibility index (Phi) is 4.87. The first-order valence-electron chi connectivity index (χ1n) is 8.41. The fourth-order valence-electron chi connectivity index (χ4n) is 2.73. The molecular formula is C20H17F3O4. The lowest BCUT2D eigenvalue weighted by Crippen LogP contribution is -2.15. The maximum absolute atomic E-state index is 13.4. The molecule has 27 heavy (non-hydrogen) atoms. The Morgan fingerprint density at radius 2 is 1.74 bits per heavy atom.